The van der Waals surface area contributed by atoms with E-state index in [2.05, 4.69) is 16.1 Å². The second kappa shape index (κ2) is 6.68. The number of hydrogen-bond donors (Lipinski definition) is 1. The molecule has 0 bridgehead atoms. The first kappa shape index (κ1) is 11.3. The van der Waals surface area contributed by atoms with E-state index in [1.165, 1.54) is 11.8 Å². The van der Waals surface area contributed by atoms with Crippen molar-refractivity contribution in [1.82, 2.24) is 0 Å². The van der Waals surface area contributed by atoms with Crippen LogP contribution in [0.25, 0.3) is 0 Å². The van der Waals surface area contributed by atoms with E-state index in [1.54, 1.807) is 6.21 Å². The Morgan fingerprint density at radius 1 is 1.47 bits per heavy atom. The van der Waals surface area contributed by atoms with E-state index < -0.39 is 0 Å². The zero-order valence-electron chi connectivity index (χ0n) is 8.13. The van der Waals surface area contributed by atoms with Crippen molar-refractivity contribution in [2.75, 3.05) is 5.75 Å². The molecule has 4 heteroatoms. The lowest BCUT2D eigenvalue weighted by atomic mass is 10.2. The first-order valence-electron chi connectivity index (χ1n) is 4.30. The monoisotopic (exact) mass is 217 g/mol. The van der Waals surface area contributed by atoms with Gasteiger partial charge in [-0.25, -0.2) is 0 Å². The van der Waals surface area contributed by atoms with E-state index in [0.717, 1.165) is 5.56 Å². The van der Waals surface area contributed by atoms with Crippen LogP contribution in [0.15, 0.2) is 40.5 Å². The summed E-state index contributed by atoms with van der Waals surface area (Å²) < 4.78 is 0. The van der Waals surface area contributed by atoms with Crippen molar-refractivity contribution >= 4 is 23.1 Å². The highest BCUT2D eigenvalue weighted by Crippen LogP contribution is 1.98. The van der Waals surface area contributed by atoms with Crippen LogP contribution >= 0.6 is 11.8 Å². The van der Waals surface area contributed by atoms with Crippen LogP contribution in [0.2, 0.25) is 0 Å². The standard InChI is InChI=1S/C11H11N3S/c1-2-8-15-11(12)14-13-9-10-6-4-3-5-7-10/h1,3-7,9H,8H2,(H2,12,14)/b13-9+. The van der Waals surface area contributed by atoms with E-state index in [0.29, 0.717) is 10.9 Å². The van der Waals surface area contributed by atoms with Gasteiger partial charge in [0.05, 0.1) is 12.0 Å². The van der Waals surface area contributed by atoms with Gasteiger partial charge >= 0.3 is 0 Å². The van der Waals surface area contributed by atoms with E-state index >= 15 is 0 Å². The molecule has 3 nitrogen and oxygen atoms in total. The molecule has 0 saturated carbocycles. The third kappa shape index (κ3) is 4.89. The van der Waals surface area contributed by atoms with Gasteiger partial charge in [-0.1, -0.05) is 48.0 Å². The molecule has 1 rings (SSSR count). The van der Waals surface area contributed by atoms with Gasteiger partial charge in [-0.3, -0.25) is 0 Å². The summed E-state index contributed by atoms with van der Waals surface area (Å²) >= 11 is 1.29. The first-order valence-corrected chi connectivity index (χ1v) is 5.29. The Kier molecular flexibility index (Phi) is 5.06. The van der Waals surface area contributed by atoms with Crippen LogP contribution in [-0.4, -0.2) is 17.1 Å². The lowest BCUT2D eigenvalue weighted by Gasteiger charge is -1.91. The highest BCUT2D eigenvalue weighted by molar-refractivity contribution is 8.13. The zero-order valence-corrected chi connectivity index (χ0v) is 8.95. The summed E-state index contributed by atoms with van der Waals surface area (Å²) in [6.45, 7) is 0. The first-order chi connectivity index (χ1) is 7.33. The Hall–Kier alpha value is -1.73. The third-order valence-electron chi connectivity index (χ3n) is 1.47. The SMILES string of the molecule is C#CCS/C(N)=N/N=C/c1ccccc1. The molecule has 1 aromatic carbocycles. The Morgan fingerprint density at radius 2 is 2.20 bits per heavy atom. The third-order valence-corrected chi connectivity index (χ3v) is 2.15. The highest BCUT2D eigenvalue weighted by atomic mass is 32.2. The zero-order chi connectivity index (χ0) is 10.9. The second-order valence-corrected chi connectivity index (χ2v) is 3.58. The summed E-state index contributed by atoms with van der Waals surface area (Å²) in [7, 11) is 0. The minimum atomic E-state index is 0.375. The molecule has 0 aromatic heterocycles. The maximum absolute atomic E-state index is 5.53. The van der Waals surface area contributed by atoms with E-state index in [4.69, 9.17) is 12.2 Å². The minimum absolute atomic E-state index is 0.375. The summed E-state index contributed by atoms with van der Waals surface area (Å²) in [6.07, 6.45) is 6.72. The molecule has 0 atom stereocenters. The van der Waals surface area contributed by atoms with Gasteiger partial charge in [-0.15, -0.1) is 11.5 Å². The van der Waals surface area contributed by atoms with Gasteiger partial charge in [0.15, 0.2) is 5.17 Å². The fourth-order valence-corrected chi connectivity index (χ4v) is 1.17. The maximum atomic E-state index is 5.53. The Balaban J connectivity index is 2.49. The van der Waals surface area contributed by atoms with Crippen LogP contribution in [0.4, 0.5) is 0 Å². The molecular formula is C11H11N3S. The van der Waals surface area contributed by atoms with Crippen LogP contribution in [-0.2, 0) is 0 Å². The lowest BCUT2D eigenvalue weighted by molar-refractivity contribution is 1.25. The predicted octanol–water partition coefficient (Wildman–Crippen LogP) is 1.70. The number of benzene rings is 1. The van der Waals surface area contributed by atoms with Crippen LogP contribution in [0, 0.1) is 12.3 Å². The normalized spacial score (nSPS) is 11.5. The fourth-order valence-electron chi connectivity index (χ4n) is 0.836. The summed E-state index contributed by atoms with van der Waals surface area (Å²) in [4.78, 5) is 0. The van der Waals surface area contributed by atoms with Crippen molar-refractivity contribution in [3.05, 3.63) is 35.9 Å². The average molecular weight is 217 g/mol. The van der Waals surface area contributed by atoms with Gasteiger partial charge in [0.1, 0.15) is 0 Å². The highest BCUT2D eigenvalue weighted by Gasteiger charge is 1.89. The topological polar surface area (TPSA) is 50.7 Å². The molecule has 76 valence electrons. The van der Waals surface area contributed by atoms with Crippen molar-refractivity contribution in [2.45, 2.75) is 0 Å². The number of terminal acetylenes is 1. The van der Waals surface area contributed by atoms with Gasteiger partial charge in [0.2, 0.25) is 0 Å². The van der Waals surface area contributed by atoms with Crippen molar-refractivity contribution in [2.24, 2.45) is 15.9 Å². The molecule has 0 aliphatic heterocycles. The van der Waals surface area contributed by atoms with E-state index in [-0.39, 0.29) is 0 Å². The number of rotatable bonds is 3. The molecule has 0 saturated heterocycles. The fraction of sp³-hybridized carbons (Fsp3) is 0.0909. The van der Waals surface area contributed by atoms with Crippen LogP contribution in [0.5, 0.6) is 0 Å². The summed E-state index contributed by atoms with van der Waals surface area (Å²) in [5.41, 5.74) is 6.51. The molecule has 0 unspecified atom stereocenters. The van der Waals surface area contributed by atoms with Crippen molar-refractivity contribution < 1.29 is 0 Å². The average Bonchev–Trinajstić information content (AvgIpc) is 2.28. The summed E-state index contributed by atoms with van der Waals surface area (Å²) in [5.74, 6) is 2.97. The van der Waals surface area contributed by atoms with Crippen molar-refractivity contribution in [3.8, 4) is 12.3 Å². The molecular weight excluding hydrogens is 206 g/mol. The molecule has 0 heterocycles. The van der Waals surface area contributed by atoms with Gasteiger partial charge < -0.3 is 5.73 Å². The Morgan fingerprint density at radius 3 is 2.87 bits per heavy atom. The van der Waals surface area contributed by atoms with Gasteiger partial charge in [-0.2, -0.15) is 5.10 Å². The van der Waals surface area contributed by atoms with E-state index in [9.17, 15) is 0 Å². The van der Waals surface area contributed by atoms with Gasteiger partial charge in [-0.05, 0) is 5.56 Å². The van der Waals surface area contributed by atoms with Gasteiger partial charge in [0.25, 0.3) is 0 Å². The maximum Gasteiger partial charge on any atom is 0.181 e. The predicted molar refractivity (Wildman–Crippen MR) is 66.9 cm³/mol. The van der Waals surface area contributed by atoms with Crippen LogP contribution in [0.3, 0.4) is 0 Å². The van der Waals surface area contributed by atoms with Crippen LogP contribution in [0.1, 0.15) is 5.56 Å². The number of hydrogen-bond acceptors (Lipinski definition) is 3. The smallest absolute Gasteiger partial charge is 0.181 e. The molecule has 0 fully saturated rings. The van der Waals surface area contributed by atoms with Crippen molar-refractivity contribution in [1.29, 1.82) is 0 Å². The Bertz CT molecular complexity index is 390. The lowest BCUT2D eigenvalue weighted by Crippen LogP contribution is -2.05. The molecule has 15 heavy (non-hydrogen) atoms. The number of nitrogens with two attached hydrogens (primary N) is 1. The number of nitrogens with zero attached hydrogens (tertiary/aromatic N) is 2. The van der Waals surface area contributed by atoms with Gasteiger partial charge in [0, 0.05) is 0 Å². The minimum Gasteiger partial charge on any atom is -0.377 e. The Labute approximate surface area is 93.5 Å². The molecule has 0 aliphatic carbocycles. The van der Waals surface area contributed by atoms with Crippen LogP contribution < -0.4 is 5.73 Å². The quantitative estimate of drug-likeness (QED) is 0.362. The number of amidine groups is 1. The molecule has 0 spiro atoms. The molecule has 0 amide bonds. The summed E-state index contributed by atoms with van der Waals surface area (Å²) in [5, 5.41) is 8.01. The van der Waals surface area contributed by atoms with Crippen molar-refractivity contribution in [3.63, 3.8) is 0 Å². The number of thioether (sulfide) groups is 1. The molecule has 0 radical (unpaired) electrons. The largest absolute Gasteiger partial charge is 0.377 e. The molecule has 0 aliphatic rings. The molecule has 1 aromatic rings. The van der Waals surface area contributed by atoms with E-state index in [1.807, 2.05) is 30.3 Å². The summed E-state index contributed by atoms with van der Waals surface area (Å²) in [6, 6.07) is 9.67. The molecule has 2 N–H and O–H groups in total. The second-order valence-electron chi connectivity index (χ2n) is 2.59.